The topological polar surface area (TPSA) is 102 Å². The minimum absolute atomic E-state index is 0.0620. The monoisotopic (exact) mass is 625 g/mol. The third-order valence-electron chi connectivity index (χ3n) is 8.28. The van der Waals surface area contributed by atoms with Crippen molar-refractivity contribution >= 4 is 18.0 Å². The molecule has 1 rings (SSSR count). The van der Waals surface area contributed by atoms with Gasteiger partial charge in [0.2, 0.25) is 0 Å². The zero-order valence-electron chi connectivity index (χ0n) is 29.0. The van der Waals surface area contributed by atoms with Crippen LogP contribution in [0, 0.1) is 0 Å². The van der Waals surface area contributed by atoms with Gasteiger partial charge in [-0.1, -0.05) is 97.3 Å². The Labute approximate surface area is 269 Å². The number of carbonyl (C=O) groups excluding carboxylic acids is 3. The maximum Gasteiger partial charge on any atom is 0.411 e. The summed E-state index contributed by atoms with van der Waals surface area (Å²) < 4.78 is 16.9. The molecule has 0 bridgehead atoms. The van der Waals surface area contributed by atoms with Crippen LogP contribution in [0.25, 0.3) is 0 Å². The molecule has 1 amide bonds. The Morgan fingerprint density at radius 2 is 1.27 bits per heavy atom. The third kappa shape index (κ3) is 20.2. The average Bonchev–Trinajstić information content (AvgIpc) is 2.96. The standard InChI is InChI=1S/C36H67NO7/c1-6-8-10-12-15-19-23-31(24-20-16-13-11-9-7-2)43-33(39)25-21-17-14-18-22-28-42-34(40)32-27-26-30(38)29-37(32)35(41)44-36(3,4)5/h30-32,38H,6-29H2,1-5H3/t30-,32+/m1/s1. The van der Waals surface area contributed by atoms with Gasteiger partial charge in [-0.3, -0.25) is 9.69 Å². The summed E-state index contributed by atoms with van der Waals surface area (Å²) >= 11 is 0. The molecule has 0 aromatic carbocycles. The normalized spacial score (nSPS) is 17.1. The number of β-amino-alcohol motifs (C(OH)–C–C–N with tert-alkyl or cyclic N) is 1. The van der Waals surface area contributed by atoms with Crippen molar-refractivity contribution < 1.29 is 33.7 Å². The second-order valence-electron chi connectivity index (χ2n) is 13.8. The lowest BCUT2D eigenvalue weighted by Crippen LogP contribution is -2.53. The first-order chi connectivity index (χ1) is 21.1. The molecule has 0 aromatic heterocycles. The number of hydrogen-bond donors (Lipinski definition) is 1. The third-order valence-corrected chi connectivity index (χ3v) is 8.28. The predicted molar refractivity (Wildman–Crippen MR) is 176 cm³/mol. The number of aliphatic hydroxyl groups is 1. The van der Waals surface area contributed by atoms with Crippen molar-refractivity contribution in [3.05, 3.63) is 0 Å². The molecule has 0 aliphatic carbocycles. The molecule has 2 atom stereocenters. The van der Waals surface area contributed by atoms with E-state index in [0.717, 1.165) is 57.8 Å². The zero-order valence-corrected chi connectivity index (χ0v) is 29.0. The van der Waals surface area contributed by atoms with Crippen molar-refractivity contribution in [2.75, 3.05) is 13.2 Å². The van der Waals surface area contributed by atoms with Gasteiger partial charge in [0.1, 0.15) is 17.7 Å². The summed E-state index contributed by atoms with van der Waals surface area (Å²) in [6.45, 7) is 10.1. The number of hydrogen-bond acceptors (Lipinski definition) is 7. The fraction of sp³-hybridized carbons (Fsp3) is 0.917. The van der Waals surface area contributed by atoms with Gasteiger partial charge in [-0.05, 0) is 72.1 Å². The summed E-state index contributed by atoms with van der Waals surface area (Å²) in [5, 5.41) is 10.0. The molecule has 0 radical (unpaired) electrons. The van der Waals surface area contributed by atoms with Gasteiger partial charge in [-0.25, -0.2) is 9.59 Å². The average molecular weight is 626 g/mol. The van der Waals surface area contributed by atoms with Gasteiger partial charge in [-0.15, -0.1) is 0 Å². The van der Waals surface area contributed by atoms with Crippen molar-refractivity contribution in [2.45, 2.75) is 200 Å². The molecule has 44 heavy (non-hydrogen) atoms. The van der Waals surface area contributed by atoms with Crippen LogP contribution >= 0.6 is 0 Å². The Balaban J connectivity index is 2.27. The van der Waals surface area contributed by atoms with Crippen LogP contribution in [0.15, 0.2) is 0 Å². The second-order valence-corrected chi connectivity index (χ2v) is 13.8. The van der Waals surface area contributed by atoms with E-state index in [4.69, 9.17) is 14.2 Å². The van der Waals surface area contributed by atoms with Gasteiger partial charge in [0.05, 0.1) is 19.3 Å². The summed E-state index contributed by atoms with van der Waals surface area (Å²) in [5.41, 5.74) is -0.687. The predicted octanol–water partition coefficient (Wildman–Crippen LogP) is 9.04. The Kier molecular flexibility index (Phi) is 22.3. The number of piperidine rings is 1. The minimum Gasteiger partial charge on any atom is -0.464 e. The molecule has 1 fully saturated rings. The van der Waals surface area contributed by atoms with Crippen LogP contribution in [0.5, 0.6) is 0 Å². The molecular weight excluding hydrogens is 558 g/mol. The summed E-state index contributed by atoms with van der Waals surface area (Å²) in [5.74, 6) is -0.505. The van der Waals surface area contributed by atoms with Gasteiger partial charge < -0.3 is 19.3 Å². The highest BCUT2D eigenvalue weighted by Crippen LogP contribution is 2.22. The number of rotatable bonds is 24. The van der Waals surface area contributed by atoms with Gasteiger partial charge in [-0.2, -0.15) is 0 Å². The molecule has 0 saturated carbocycles. The largest absolute Gasteiger partial charge is 0.464 e. The molecule has 1 N–H and O–H groups in total. The van der Waals surface area contributed by atoms with E-state index >= 15 is 0 Å². The van der Waals surface area contributed by atoms with Crippen LogP contribution in [-0.4, -0.2) is 65.0 Å². The summed E-state index contributed by atoms with van der Waals surface area (Å²) in [6, 6.07) is -0.731. The molecule has 1 saturated heterocycles. The summed E-state index contributed by atoms with van der Waals surface area (Å²) in [6.07, 6.45) is 21.4. The van der Waals surface area contributed by atoms with Gasteiger partial charge in [0, 0.05) is 6.42 Å². The lowest BCUT2D eigenvalue weighted by atomic mass is 10.0. The highest BCUT2D eigenvalue weighted by Gasteiger charge is 2.38. The van der Waals surface area contributed by atoms with Gasteiger partial charge in [0.25, 0.3) is 0 Å². The maximum atomic E-state index is 12.7. The molecule has 1 aliphatic heterocycles. The number of unbranched alkanes of at least 4 members (excludes halogenated alkanes) is 14. The van der Waals surface area contributed by atoms with E-state index in [9.17, 15) is 19.5 Å². The molecular formula is C36H67NO7. The molecule has 8 nitrogen and oxygen atoms in total. The van der Waals surface area contributed by atoms with Crippen molar-refractivity contribution in [1.82, 2.24) is 4.90 Å². The van der Waals surface area contributed by atoms with Gasteiger partial charge >= 0.3 is 18.0 Å². The fourth-order valence-corrected chi connectivity index (χ4v) is 5.70. The second kappa shape index (κ2) is 24.4. The number of ether oxygens (including phenoxy) is 3. The first-order valence-corrected chi connectivity index (χ1v) is 18.1. The van der Waals surface area contributed by atoms with Crippen molar-refractivity contribution in [2.24, 2.45) is 0 Å². The number of carbonyl (C=O) groups is 3. The van der Waals surface area contributed by atoms with E-state index in [0.29, 0.717) is 25.9 Å². The van der Waals surface area contributed by atoms with Crippen LogP contribution in [0.1, 0.15) is 176 Å². The van der Waals surface area contributed by atoms with Crippen LogP contribution in [0.3, 0.4) is 0 Å². The fourth-order valence-electron chi connectivity index (χ4n) is 5.70. The molecule has 258 valence electrons. The number of nitrogens with zero attached hydrogens (tertiary/aromatic N) is 1. The number of likely N-dealkylation sites (tertiary alicyclic amines) is 1. The Hall–Kier alpha value is -1.83. The Morgan fingerprint density at radius 3 is 1.84 bits per heavy atom. The van der Waals surface area contributed by atoms with Crippen molar-refractivity contribution in [3.63, 3.8) is 0 Å². The number of aliphatic hydroxyl groups excluding tert-OH is 1. The molecule has 1 heterocycles. The first-order valence-electron chi connectivity index (χ1n) is 18.1. The van der Waals surface area contributed by atoms with Crippen LogP contribution in [0.4, 0.5) is 4.79 Å². The first kappa shape index (κ1) is 40.2. The summed E-state index contributed by atoms with van der Waals surface area (Å²) in [7, 11) is 0. The molecule has 8 heteroatoms. The van der Waals surface area contributed by atoms with E-state index in [1.807, 2.05) is 0 Å². The van der Waals surface area contributed by atoms with Crippen LogP contribution < -0.4 is 0 Å². The van der Waals surface area contributed by atoms with Gasteiger partial charge in [0.15, 0.2) is 0 Å². The lowest BCUT2D eigenvalue weighted by molar-refractivity contribution is -0.153. The minimum atomic E-state index is -0.731. The Morgan fingerprint density at radius 1 is 0.750 bits per heavy atom. The zero-order chi connectivity index (χ0) is 32.6. The SMILES string of the molecule is CCCCCCCCC(CCCCCCCC)OC(=O)CCCCCCCOC(=O)[C@@H]1CC[C@@H](O)CN1C(=O)OC(C)(C)C. The van der Waals surface area contributed by atoms with Crippen LogP contribution in [-0.2, 0) is 23.8 Å². The lowest BCUT2D eigenvalue weighted by Gasteiger charge is -2.37. The number of amides is 1. The molecule has 0 spiro atoms. The van der Waals surface area contributed by atoms with E-state index in [1.165, 1.54) is 69.1 Å². The van der Waals surface area contributed by atoms with E-state index in [1.54, 1.807) is 20.8 Å². The van der Waals surface area contributed by atoms with Crippen molar-refractivity contribution in [3.8, 4) is 0 Å². The van der Waals surface area contributed by atoms with E-state index in [2.05, 4.69) is 13.8 Å². The molecule has 0 unspecified atom stereocenters. The van der Waals surface area contributed by atoms with E-state index < -0.39 is 29.8 Å². The number of esters is 2. The highest BCUT2D eigenvalue weighted by molar-refractivity contribution is 5.81. The van der Waals surface area contributed by atoms with Crippen molar-refractivity contribution in [1.29, 1.82) is 0 Å². The van der Waals surface area contributed by atoms with Crippen LogP contribution in [0.2, 0.25) is 0 Å². The highest BCUT2D eigenvalue weighted by atomic mass is 16.6. The maximum absolute atomic E-state index is 12.7. The smallest absolute Gasteiger partial charge is 0.411 e. The van der Waals surface area contributed by atoms with E-state index in [-0.39, 0.29) is 18.6 Å². The summed E-state index contributed by atoms with van der Waals surface area (Å²) in [4.78, 5) is 39.2. The Bertz CT molecular complexity index is 750. The molecule has 0 aromatic rings. The molecule has 1 aliphatic rings. The quantitative estimate of drug-likeness (QED) is 0.0648.